The summed E-state index contributed by atoms with van der Waals surface area (Å²) in [6.07, 6.45) is 2.46. The van der Waals surface area contributed by atoms with E-state index in [1.165, 1.54) is 0 Å². The van der Waals surface area contributed by atoms with Gasteiger partial charge in [-0.1, -0.05) is 18.2 Å². The van der Waals surface area contributed by atoms with Crippen LogP contribution in [-0.4, -0.2) is 49.5 Å². The molecule has 8 nitrogen and oxygen atoms in total. The maximum atomic E-state index is 13.7. The van der Waals surface area contributed by atoms with Crippen LogP contribution in [-0.2, 0) is 11.3 Å². The van der Waals surface area contributed by atoms with Crippen LogP contribution >= 0.6 is 0 Å². The molecule has 0 unspecified atom stereocenters. The number of carbonyl (C=O) groups excluding carboxylic acids is 1. The van der Waals surface area contributed by atoms with E-state index in [1.807, 2.05) is 45.8 Å². The lowest BCUT2D eigenvalue weighted by atomic mass is 9.94. The van der Waals surface area contributed by atoms with Gasteiger partial charge in [0.15, 0.2) is 0 Å². The molecule has 1 saturated heterocycles. The van der Waals surface area contributed by atoms with E-state index in [0.29, 0.717) is 29.5 Å². The van der Waals surface area contributed by atoms with Crippen molar-refractivity contribution in [3.63, 3.8) is 0 Å². The molecule has 5 rings (SSSR count). The zero-order valence-electron chi connectivity index (χ0n) is 20.2. The lowest BCUT2D eigenvalue weighted by Gasteiger charge is -2.36. The number of pyridine rings is 1. The van der Waals surface area contributed by atoms with Crippen LogP contribution in [0, 0.1) is 5.92 Å². The van der Waals surface area contributed by atoms with Gasteiger partial charge >= 0.3 is 6.43 Å². The third-order valence-electron chi connectivity index (χ3n) is 6.65. The van der Waals surface area contributed by atoms with Gasteiger partial charge in [0.1, 0.15) is 5.65 Å². The molecule has 0 atom stereocenters. The molecular formula is C26H28F2N6O2. The summed E-state index contributed by atoms with van der Waals surface area (Å²) in [5.41, 5.74) is 2.62. The number of imidazole rings is 1. The van der Waals surface area contributed by atoms with Crippen molar-refractivity contribution in [1.82, 2.24) is 24.5 Å². The molecule has 3 aromatic heterocycles. The predicted molar refractivity (Wildman–Crippen MR) is 131 cm³/mol. The monoisotopic (exact) mass is 494 g/mol. The standard InChI is InChI=1S/C26H28F2N6O2/c1-17(2)32-11-8-18(9-12-32)26(35)34(21-6-4-3-5-7-21)16-20-15-33-13-10-19(14-22(33)29-20)24-30-31-25(36-24)23(27)28/h3-7,10,13-15,17-18,23H,8-9,11-12,16H2,1-2H3. The number of hydrogen-bond donors (Lipinski definition) is 0. The smallest absolute Gasteiger partial charge is 0.314 e. The Bertz CT molecular complexity index is 1330. The average Bonchev–Trinajstić information content (AvgIpc) is 3.54. The van der Waals surface area contributed by atoms with Crippen molar-refractivity contribution in [2.75, 3.05) is 18.0 Å². The molecule has 1 aromatic carbocycles. The van der Waals surface area contributed by atoms with Gasteiger partial charge in [0.05, 0.1) is 12.2 Å². The van der Waals surface area contributed by atoms with Crippen LogP contribution in [0.25, 0.3) is 17.1 Å². The van der Waals surface area contributed by atoms with Crippen molar-refractivity contribution >= 4 is 17.2 Å². The Hall–Kier alpha value is -3.66. The fourth-order valence-corrected chi connectivity index (χ4v) is 4.63. The van der Waals surface area contributed by atoms with Crippen LogP contribution in [0.3, 0.4) is 0 Å². The zero-order valence-corrected chi connectivity index (χ0v) is 20.2. The number of fused-ring (bicyclic) bond motifs is 1. The van der Waals surface area contributed by atoms with Crippen LogP contribution in [0.1, 0.15) is 44.7 Å². The number of rotatable bonds is 7. The summed E-state index contributed by atoms with van der Waals surface area (Å²) < 4.78 is 32.5. The van der Waals surface area contributed by atoms with Crippen molar-refractivity contribution in [1.29, 1.82) is 0 Å². The summed E-state index contributed by atoms with van der Waals surface area (Å²) in [4.78, 5) is 22.6. The number of piperidine rings is 1. The summed E-state index contributed by atoms with van der Waals surface area (Å²) in [5.74, 6) is -0.644. The SMILES string of the molecule is CC(C)N1CCC(C(=O)N(Cc2cn3ccc(-c4nnc(C(F)F)o4)cc3n2)c2ccccc2)CC1. The van der Waals surface area contributed by atoms with Gasteiger partial charge in [-0.15, -0.1) is 10.2 Å². The number of alkyl halides is 2. The van der Waals surface area contributed by atoms with Crippen LogP contribution in [0.5, 0.6) is 0 Å². The number of aromatic nitrogens is 4. The van der Waals surface area contributed by atoms with Gasteiger partial charge in [0, 0.05) is 35.6 Å². The molecule has 36 heavy (non-hydrogen) atoms. The molecular weight excluding hydrogens is 466 g/mol. The van der Waals surface area contributed by atoms with Crippen molar-refractivity contribution in [2.45, 2.75) is 45.7 Å². The van der Waals surface area contributed by atoms with Crippen molar-refractivity contribution in [3.8, 4) is 11.5 Å². The van der Waals surface area contributed by atoms with E-state index in [1.54, 1.807) is 18.3 Å². The molecule has 1 aliphatic rings. The minimum atomic E-state index is -2.83. The fraction of sp³-hybridized carbons (Fsp3) is 0.385. The third kappa shape index (κ3) is 4.99. The minimum absolute atomic E-state index is 0.00572. The van der Waals surface area contributed by atoms with E-state index >= 15 is 0 Å². The molecule has 1 amide bonds. The Morgan fingerprint density at radius 3 is 2.56 bits per heavy atom. The van der Waals surface area contributed by atoms with Gasteiger partial charge in [-0.05, 0) is 64.0 Å². The number of anilines is 1. The average molecular weight is 495 g/mol. The summed E-state index contributed by atoms with van der Waals surface area (Å²) in [5, 5.41) is 7.10. The number of likely N-dealkylation sites (tertiary alicyclic amines) is 1. The molecule has 0 spiro atoms. The van der Waals surface area contributed by atoms with Crippen LogP contribution in [0.2, 0.25) is 0 Å². The summed E-state index contributed by atoms with van der Waals surface area (Å²) in [6.45, 7) is 6.51. The van der Waals surface area contributed by atoms with Gasteiger partial charge < -0.3 is 18.6 Å². The van der Waals surface area contributed by atoms with E-state index in [-0.39, 0.29) is 17.7 Å². The zero-order chi connectivity index (χ0) is 25.2. The summed E-state index contributed by atoms with van der Waals surface area (Å²) in [7, 11) is 0. The van der Waals surface area contributed by atoms with Crippen molar-refractivity contribution in [2.24, 2.45) is 5.92 Å². The maximum Gasteiger partial charge on any atom is 0.314 e. The Kier molecular flexibility index (Phi) is 6.77. The minimum Gasteiger partial charge on any atom is -0.415 e. The van der Waals surface area contributed by atoms with E-state index in [0.717, 1.165) is 31.6 Å². The Balaban J connectivity index is 1.39. The quantitative estimate of drug-likeness (QED) is 0.361. The molecule has 1 fully saturated rings. The van der Waals surface area contributed by atoms with Gasteiger partial charge in [-0.25, -0.2) is 4.98 Å². The highest BCUT2D eigenvalue weighted by atomic mass is 19.3. The number of benzene rings is 1. The first-order valence-corrected chi connectivity index (χ1v) is 12.1. The Morgan fingerprint density at radius 1 is 1.14 bits per heavy atom. The van der Waals surface area contributed by atoms with Crippen LogP contribution in [0.4, 0.5) is 14.5 Å². The lowest BCUT2D eigenvalue weighted by molar-refractivity contribution is -0.124. The molecule has 0 bridgehead atoms. The Morgan fingerprint density at radius 2 is 1.89 bits per heavy atom. The lowest BCUT2D eigenvalue weighted by Crippen LogP contribution is -2.44. The molecule has 10 heteroatoms. The second-order valence-electron chi connectivity index (χ2n) is 9.32. The first kappa shape index (κ1) is 24.1. The first-order valence-electron chi connectivity index (χ1n) is 12.1. The number of hydrogen-bond acceptors (Lipinski definition) is 6. The predicted octanol–water partition coefficient (Wildman–Crippen LogP) is 4.98. The van der Waals surface area contributed by atoms with E-state index < -0.39 is 12.3 Å². The van der Waals surface area contributed by atoms with Gasteiger partial charge in [0.2, 0.25) is 11.8 Å². The van der Waals surface area contributed by atoms with E-state index in [9.17, 15) is 13.6 Å². The van der Waals surface area contributed by atoms with Gasteiger partial charge in [-0.2, -0.15) is 8.78 Å². The number of carbonyl (C=O) groups is 1. The van der Waals surface area contributed by atoms with Crippen molar-refractivity contribution < 1.29 is 18.0 Å². The largest absolute Gasteiger partial charge is 0.415 e. The molecule has 0 N–H and O–H groups in total. The highest BCUT2D eigenvalue weighted by Gasteiger charge is 2.30. The highest BCUT2D eigenvalue weighted by Crippen LogP contribution is 2.27. The van der Waals surface area contributed by atoms with Gasteiger partial charge in [-0.3, -0.25) is 4.79 Å². The third-order valence-corrected chi connectivity index (χ3v) is 6.65. The number of nitrogens with zero attached hydrogens (tertiary/aromatic N) is 6. The number of amides is 1. The summed E-state index contributed by atoms with van der Waals surface area (Å²) >= 11 is 0. The van der Waals surface area contributed by atoms with Gasteiger partial charge in [0.25, 0.3) is 5.89 Å². The Labute approximate surface area is 207 Å². The molecule has 0 radical (unpaired) electrons. The van der Waals surface area contributed by atoms with E-state index in [4.69, 9.17) is 9.40 Å². The second-order valence-corrected chi connectivity index (χ2v) is 9.32. The summed E-state index contributed by atoms with van der Waals surface area (Å²) in [6, 6.07) is 13.5. The van der Waals surface area contributed by atoms with E-state index in [2.05, 4.69) is 28.9 Å². The topological polar surface area (TPSA) is 79.8 Å². The maximum absolute atomic E-state index is 13.7. The molecule has 0 aliphatic carbocycles. The highest BCUT2D eigenvalue weighted by molar-refractivity contribution is 5.95. The molecule has 4 heterocycles. The second kappa shape index (κ2) is 10.1. The molecule has 0 saturated carbocycles. The normalized spacial score (nSPS) is 15.3. The first-order chi connectivity index (χ1) is 17.4. The fourth-order valence-electron chi connectivity index (χ4n) is 4.63. The van der Waals surface area contributed by atoms with Crippen LogP contribution < -0.4 is 4.90 Å². The molecule has 1 aliphatic heterocycles. The van der Waals surface area contributed by atoms with Crippen LogP contribution in [0.15, 0.2) is 59.3 Å². The number of halogens is 2. The molecule has 4 aromatic rings. The molecule has 188 valence electrons. The number of para-hydroxylation sites is 1. The van der Waals surface area contributed by atoms with Crippen molar-refractivity contribution in [3.05, 3.63) is 66.4 Å².